The van der Waals surface area contributed by atoms with E-state index in [9.17, 15) is 0 Å². The van der Waals surface area contributed by atoms with Crippen molar-refractivity contribution in [1.82, 2.24) is 34.4 Å². The lowest BCUT2D eigenvalue weighted by Gasteiger charge is -2.46. The maximum absolute atomic E-state index is 6.25. The number of aromatic nitrogens is 5. The molecule has 2 aliphatic rings. The molecule has 7 rings (SSSR count). The minimum Gasteiger partial charge on any atom is -0.461 e. The molecule has 2 aliphatic heterocycles. The summed E-state index contributed by atoms with van der Waals surface area (Å²) < 4.78 is 18.2. The van der Waals surface area contributed by atoms with Gasteiger partial charge in [-0.15, -0.1) is 5.10 Å². The van der Waals surface area contributed by atoms with Crippen LogP contribution in [0.3, 0.4) is 0 Å². The first-order chi connectivity index (χ1) is 20.0. The van der Waals surface area contributed by atoms with Crippen molar-refractivity contribution in [3.63, 3.8) is 0 Å². The van der Waals surface area contributed by atoms with Gasteiger partial charge in [-0.05, 0) is 78.4 Å². The van der Waals surface area contributed by atoms with Gasteiger partial charge in [0.05, 0.1) is 19.4 Å². The summed E-state index contributed by atoms with van der Waals surface area (Å²) in [7, 11) is 0. The summed E-state index contributed by atoms with van der Waals surface area (Å²) in [4.78, 5) is 20.9. The van der Waals surface area contributed by atoms with Crippen molar-refractivity contribution in [3.05, 3.63) is 64.6 Å². The van der Waals surface area contributed by atoms with Crippen LogP contribution in [0.25, 0.3) is 17.4 Å². The summed E-state index contributed by atoms with van der Waals surface area (Å²) >= 11 is 12.1. The van der Waals surface area contributed by atoms with Crippen molar-refractivity contribution in [2.75, 3.05) is 43.4 Å². The van der Waals surface area contributed by atoms with E-state index in [1.54, 1.807) is 30.5 Å². The predicted molar refractivity (Wildman–Crippen MR) is 153 cm³/mol. The van der Waals surface area contributed by atoms with Crippen molar-refractivity contribution >= 4 is 40.9 Å². The minimum absolute atomic E-state index is 0.247. The van der Waals surface area contributed by atoms with Gasteiger partial charge in [-0.3, -0.25) is 9.80 Å². The number of halogens is 2. The minimum atomic E-state index is 0.247. The normalized spacial score (nSPS) is 19.8. The standard InChI is InChI=1S/C27H29Cl2N9O3/c28-22-7-5-19(40-22)15-35(16-20-6-8-23(29)41-20)12-17-3-4-18-14-37(10-9-36(18)13-17)26-32-25(30)38-27(33-26)31-24(34-38)21-2-1-11-39-21/h1-2,5-8,11,17-18H,3-4,9-10,12-16H2,(H2,30,31,32,33,34). The molecule has 41 heavy (non-hydrogen) atoms. The molecule has 2 N–H and O–H groups in total. The van der Waals surface area contributed by atoms with E-state index in [4.69, 9.17) is 42.2 Å². The molecule has 0 aliphatic carbocycles. The van der Waals surface area contributed by atoms with Crippen molar-refractivity contribution in [2.45, 2.75) is 32.0 Å². The average molecular weight is 598 g/mol. The number of anilines is 2. The smallest absolute Gasteiger partial charge is 0.259 e. The molecule has 2 saturated heterocycles. The van der Waals surface area contributed by atoms with Gasteiger partial charge >= 0.3 is 0 Å². The van der Waals surface area contributed by atoms with Crippen LogP contribution >= 0.6 is 23.2 Å². The zero-order valence-corrected chi connectivity index (χ0v) is 23.7. The van der Waals surface area contributed by atoms with Crippen LogP contribution in [0.2, 0.25) is 10.4 Å². The van der Waals surface area contributed by atoms with Crippen molar-refractivity contribution < 1.29 is 13.3 Å². The Morgan fingerprint density at radius 3 is 2.39 bits per heavy atom. The first-order valence-electron chi connectivity index (χ1n) is 13.6. The van der Waals surface area contributed by atoms with Crippen LogP contribution in [0.1, 0.15) is 24.4 Å². The van der Waals surface area contributed by atoms with Crippen molar-refractivity contribution in [3.8, 4) is 11.6 Å². The van der Waals surface area contributed by atoms with E-state index < -0.39 is 0 Å². The fourth-order valence-corrected chi connectivity index (χ4v) is 6.22. The number of rotatable bonds is 8. The van der Waals surface area contributed by atoms with Gasteiger partial charge in [-0.2, -0.15) is 19.5 Å². The third-order valence-corrected chi connectivity index (χ3v) is 8.19. The third kappa shape index (κ3) is 5.65. The molecule has 0 amide bonds. The summed E-state index contributed by atoms with van der Waals surface area (Å²) in [5, 5.41) is 5.19. The summed E-state index contributed by atoms with van der Waals surface area (Å²) in [6, 6.07) is 11.4. The average Bonchev–Trinajstić information content (AvgIpc) is 3.77. The van der Waals surface area contributed by atoms with Crippen LogP contribution in [0.4, 0.5) is 11.9 Å². The molecule has 7 heterocycles. The van der Waals surface area contributed by atoms with E-state index in [0.717, 1.165) is 57.1 Å². The molecule has 0 spiro atoms. The van der Waals surface area contributed by atoms with E-state index >= 15 is 0 Å². The SMILES string of the molecule is Nc1nc(N2CCN3CC(CN(Cc4ccc(Cl)o4)Cc4ccc(Cl)o4)CCC3C2)nc2nc(-c3ccco3)nn12. The molecule has 2 unspecified atom stereocenters. The lowest BCUT2D eigenvalue weighted by molar-refractivity contribution is 0.0690. The summed E-state index contributed by atoms with van der Waals surface area (Å²) in [6.45, 7) is 5.77. The molecule has 2 fully saturated rings. The quantitative estimate of drug-likeness (QED) is 0.272. The number of piperidine rings is 1. The number of fused-ring (bicyclic) bond motifs is 2. The highest BCUT2D eigenvalue weighted by Crippen LogP contribution is 2.29. The molecule has 2 atom stereocenters. The lowest BCUT2D eigenvalue weighted by atomic mass is 9.90. The van der Waals surface area contributed by atoms with Gasteiger partial charge in [0.25, 0.3) is 5.78 Å². The van der Waals surface area contributed by atoms with Gasteiger partial charge in [0.15, 0.2) is 16.2 Å². The molecular weight excluding hydrogens is 569 g/mol. The molecule has 0 aromatic carbocycles. The summed E-state index contributed by atoms with van der Waals surface area (Å²) in [5.41, 5.74) is 6.25. The van der Waals surface area contributed by atoms with Crippen LogP contribution in [0, 0.1) is 5.92 Å². The Labute approximate surface area is 245 Å². The van der Waals surface area contributed by atoms with Gasteiger partial charge in [0.2, 0.25) is 17.7 Å². The molecule has 12 nitrogen and oxygen atoms in total. The molecular formula is C27H29Cl2N9O3. The number of furan rings is 3. The van der Waals surface area contributed by atoms with Crippen LogP contribution in [-0.2, 0) is 13.1 Å². The van der Waals surface area contributed by atoms with Crippen LogP contribution in [0.5, 0.6) is 0 Å². The van der Waals surface area contributed by atoms with Crippen molar-refractivity contribution in [2.24, 2.45) is 5.92 Å². The van der Waals surface area contributed by atoms with E-state index in [1.807, 2.05) is 12.1 Å². The monoisotopic (exact) mass is 597 g/mol. The van der Waals surface area contributed by atoms with E-state index in [1.165, 1.54) is 4.52 Å². The molecule has 0 radical (unpaired) electrons. The van der Waals surface area contributed by atoms with Crippen LogP contribution < -0.4 is 10.6 Å². The number of nitrogens with two attached hydrogens (primary N) is 1. The van der Waals surface area contributed by atoms with E-state index in [0.29, 0.717) is 58.8 Å². The number of nitrogens with zero attached hydrogens (tertiary/aromatic N) is 8. The number of nitrogen functional groups attached to an aromatic ring is 1. The van der Waals surface area contributed by atoms with E-state index in [-0.39, 0.29) is 5.95 Å². The summed E-state index contributed by atoms with van der Waals surface area (Å²) in [6.07, 6.45) is 3.78. The van der Waals surface area contributed by atoms with Gasteiger partial charge in [0.1, 0.15) is 11.5 Å². The van der Waals surface area contributed by atoms with E-state index in [2.05, 4.69) is 34.8 Å². The Hall–Kier alpha value is -3.58. The first-order valence-corrected chi connectivity index (χ1v) is 14.4. The zero-order valence-electron chi connectivity index (χ0n) is 22.2. The molecule has 5 aromatic heterocycles. The fourth-order valence-electron chi connectivity index (χ4n) is 5.90. The van der Waals surface area contributed by atoms with Gasteiger partial charge in [-0.25, -0.2) is 0 Å². The van der Waals surface area contributed by atoms with Gasteiger partial charge < -0.3 is 23.9 Å². The molecule has 14 heteroatoms. The van der Waals surface area contributed by atoms with Crippen LogP contribution in [-0.4, -0.2) is 73.1 Å². The van der Waals surface area contributed by atoms with Crippen LogP contribution in [0.15, 0.2) is 55.9 Å². The zero-order chi connectivity index (χ0) is 27.9. The number of piperazine rings is 1. The highest BCUT2D eigenvalue weighted by Gasteiger charge is 2.35. The molecule has 0 bridgehead atoms. The first kappa shape index (κ1) is 26.3. The Morgan fingerprint density at radius 1 is 0.927 bits per heavy atom. The largest absolute Gasteiger partial charge is 0.461 e. The highest BCUT2D eigenvalue weighted by atomic mass is 35.5. The summed E-state index contributed by atoms with van der Waals surface area (Å²) in [5.74, 6) is 4.38. The second-order valence-corrected chi connectivity index (χ2v) is 11.4. The predicted octanol–water partition coefficient (Wildman–Crippen LogP) is 4.46. The Bertz CT molecular complexity index is 1590. The maximum Gasteiger partial charge on any atom is 0.259 e. The molecule has 214 valence electrons. The number of hydrogen-bond donors (Lipinski definition) is 1. The lowest BCUT2D eigenvalue weighted by Crippen LogP contribution is -2.57. The maximum atomic E-state index is 6.25. The second-order valence-electron chi connectivity index (χ2n) is 10.6. The van der Waals surface area contributed by atoms with Gasteiger partial charge in [-0.1, -0.05) is 0 Å². The Kier molecular flexibility index (Phi) is 7.07. The number of hydrogen-bond acceptors (Lipinski definition) is 11. The second kappa shape index (κ2) is 11.0. The molecule has 0 saturated carbocycles. The molecule has 5 aromatic rings. The van der Waals surface area contributed by atoms with Gasteiger partial charge in [0, 0.05) is 38.8 Å². The topological polar surface area (TPSA) is 131 Å². The Morgan fingerprint density at radius 2 is 1.71 bits per heavy atom. The highest BCUT2D eigenvalue weighted by molar-refractivity contribution is 6.29. The Balaban J connectivity index is 1.01. The fraction of sp³-hybridized carbons (Fsp3) is 0.407. The van der Waals surface area contributed by atoms with Crippen molar-refractivity contribution in [1.29, 1.82) is 0 Å². The third-order valence-electron chi connectivity index (χ3n) is 7.78.